The monoisotopic (exact) mass is 360 g/mol. The van der Waals surface area contributed by atoms with Gasteiger partial charge < -0.3 is 11.1 Å². The lowest BCUT2D eigenvalue weighted by atomic mass is 10.1. The second-order valence-corrected chi connectivity index (χ2v) is 6.45. The number of pyridine rings is 1. The van der Waals surface area contributed by atoms with Gasteiger partial charge in [-0.3, -0.25) is 14.7 Å². The summed E-state index contributed by atoms with van der Waals surface area (Å²) in [5.41, 5.74) is 8.28. The van der Waals surface area contributed by atoms with Gasteiger partial charge >= 0.3 is 0 Å². The SMILES string of the molecule is Cl.NC(=O)c1cccc(CN(Cc2cccnc2)CC2CCNC2)c1. The molecule has 1 amide bonds. The molecule has 1 aromatic carbocycles. The highest BCUT2D eigenvalue weighted by molar-refractivity contribution is 5.92. The predicted octanol–water partition coefficient (Wildman–Crippen LogP) is 2.21. The maximum atomic E-state index is 11.4. The Labute approximate surface area is 155 Å². The molecule has 1 atom stereocenters. The summed E-state index contributed by atoms with van der Waals surface area (Å²) in [5, 5.41) is 3.43. The van der Waals surface area contributed by atoms with E-state index < -0.39 is 0 Å². The quantitative estimate of drug-likeness (QED) is 0.794. The molecule has 0 saturated carbocycles. The van der Waals surface area contributed by atoms with Gasteiger partial charge in [-0.1, -0.05) is 18.2 Å². The summed E-state index contributed by atoms with van der Waals surface area (Å²) >= 11 is 0. The van der Waals surface area contributed by atoms with Crippen molar-refractivity contribution in [2.24, 2.45) is 11.7 Å². The fraction of sp³-hybridized carbons (Fsp3) is 0.368. The van der Waals surface area contributed by atoms with Crippen LogP contribution in [0.2, 0.25) is 0 Å². The number of primary amides is 1. The number of carbonyl (C=O) groups is 1. The first-order valence-corrected chi connectivity index (χ1v) is 8.41. The van der Waals surface area contributed by atoms with Crippen molar-refractivity contribution >= 4 is 18.3 Å². The van der Waals surface area contributed by atoms with E-state index in [9.17, 15) is 4.79 Å². The summed E-state index contributed by atoms with van der Waals surface area (Å²) in [4.78, 5) is 18.0. The third-order valence-electron chi connectivity index (χ3n) is 4.43. The standard InChI is InChI=1S/C19H24N4O.ClH/c20-19(24)18-5-1-3-15(9-18)12-23(14-17-6-8-22-11-17)13-16-4-2-7-21-10-16;/h1-5,7,9-10,17,22H,6,8,11-14H2,(H2,20,24);1H. The number of rotatable bonds is 7. The average Bonchev–Trinajstić information content (AvgIpc) is 3.09. The van der Waals surface area contributed by atoms with Crippen LogP contribution in [0.1, 0.15) is 27.9 Å². The Morgan fingerprint density at radius 1 is 1.24 bits per heavy atom. The van der Waals surface area contributed by atoms with Crippen LogP contribution in [-0.2, 0) is 13.1 Å². The van der Waals surface area contributed by atoms with Crippen molar-refractivity contribution in [3.05, 3.63) is 65.5 Å². The zero-order valence-electron chi connectivity index (χ0n) is 14.2. The third-order valence-corrected chi connectivity index (χ3v) is 4.43. The van der Waals surface area contributed by atoms with E-state index in [4.69, 9.17) is 5.73 Å². The summed E-state index contributed by atoms with van der Waals surface area (Å²) in [5.74, 6) is 0.289. The van der Waals surface area contributed by atoms with Crippen molar-refractivity contribution in [2.75, 3.05) is 19.6 Å². The van der Waals surface area contributed by atoms with Crippen LogP contribution in [-0.4, -0.2) is 35.4 Å². The van der Waals surface area contributed by atoms with E-state index in [0.717, 1.165) is 38.3 Å². The summed E-state index contributed by atoms with van der Waals surface area (Å²) in [6, 6.07) is 11.7. The van der Waals surface area contributed by atoms with Crippen molar-refractivity contribution < 1.29 is 4.79 Å². The average molecular weight is 361 g/mol. The molecule has 25 heavy (non-hydrogen) atoms. The van der Waals surface area contributed by atoms with Crippen LogP contribution in [0.5, 0.6) is 0 Å². The molecule has 0 bridgehead atoms. The molecule has 2 heterocycles. The molecule has 1 aliphatic rings. The Morgan fingerprint density at radius 3 is 2.72 bits per heavy atom. The van der Waals surface area contributed by atoms with Crippen LogP contribution in [0.4, 0.5) is 0 Å². The lowest BCUT2D eigenvalue weighted by Crippen LogP contribution is -2.30. The first kappa shape index (κ1) is 19.4. The fourth-order valence-electron chi connectivity index (χ4n) is 3.25. The molecule has 6 heteroatoms. The molecule has 134 valence electrons. The molecule has 1 aliphatic heterocycles. The smallest absolute Gasteiger partial charge is 0.248 e. The molecule has 3 N–H and O–H groups in total. The van der Waals surface area contributed by atoms with Gasteiger partial charge in [-0.25, -0.2) is 0 Å². The van der Waals surface area contributed by atoms with Crippen LogP contribution in [0, 0.1) is 5.92 Å². The van der Waals surface area contributed by atoms with Crippen LogP contribution < -0.4 is 11.1 Å². The number of halogens is 1. The largest absolute Gasteiger partial charge is 0.366 e. The topological polar surface area (TPSA) is 71.2 Å². The maximum absolute atomic E-state index is 11.4. The molecule has 3 rings (SSSR count). The predicted molar refractivity (Wildman–Crippen MR) is 102 cm³/mol. The van der Waals surface area contributed by atoms with Crippen LogP contribution in [0.25, 0.3) is 0 Å². The van der Waals surface area contributed by atoms with Gasteiger partial charge in [0.05, 0.1) is 0 Å². The second kappa shape index (κ2) is 9.51. The fourth-order valence-corrected chi connectivity index (χ4v) is 3.25. The lowest BCUT2D eigenvalue weighted by Gasteiger charge is -2.25. The molecule has 1 saturated heterocycles. The Hall–Kier alpha value is -1.95. The number of amides is 1. The summed E-state index contributed by atoms with van der Waals surface area (Å²) in [7, 11) is 0. The zero-order valence-corrected chi connectivity index (χ0v) is 15.0. The van der Waals surface area contributed by atoms with Gasteiger partial charge in [-0.05, 0) is 54.8 Å². The first-order chi connectivity index (χ1) is 11.7. The molecule has 2 aromatic rings. The Kier molecular flexibility index (Phi) is 7.37. The minimum absolute atomic E-state index is 0. The molecule has 1 fully saturated rings. The Balaban J connectivity index is 0.00000225. The van der Waals surface area contributed by atoms with E-state index in [1.54, 1.807) is 12.3 Å². The molecular formula is C19H25ClN4O. The minimum atomic E-state index is -0.379. The summed E-state index contributed by atoms with van der Waals surface area (Å²) < 4.78 is 0. The molecule has 1 unspecified atom stereocenters. The van der Waals surface area contributed by atoms with E-state index in [1.807, 2.05) is 24.4 Å². The van der Waals surface area contributed by atoms with E-state index in [-0.39, 0.29) is 18.3 Å². The van der Waals surface area contributed by atoms with E-state index in [0.29, 0.717) is 11.5 Å². The molecular weight excluding hydrogens is 336 g/mol. The number of nitrogens with zero attached hydrogens (tertiary/aromatic N) is 2. The Morgan fingerprint density at radius 2 is 2.04 bits per heavy atom. The van der Waals surface area contributed by atoms with Crippen LogP contribution in [0.15, 0.2) is 48.8 Å². The van der Waals surface area contributed by atoms with Crippen LogP contribution in [0.3, 0.4) is 0 Å². The van der Waals surface area contributed by atoms with Gasteiger partial charge in [-0.15, -0.1) is 12.4 Å². The van der Waals surface area contributed by atoms with Crippen molar-refractivity contribution in [2.45, 2.75) is 19.5 Å². The van der Waals surface area contributed by atoms with Crippen molar-refractivity contribution in [1.82, 2.24) is 15.2 Å². The first-order valence-electron chi connectivity index (χ1n) is 8.41. The maximum Gasteiger partial charge on any atom is 0.248 e. The molecule has 0 aliphatic carbocycles. The highest BCUT2D eigenvalue weighted by Gasteiger charge is 2.19. The number of nitrogens with one attached hydrogen (secondary N) is 1. The molecule has 0 spiro atoms. The lowest BCUT2D eigenvalue weighted by molar-refractivity contribution is 0.1000. The minimum Gasteiger partial charge on any atom is -0.366 e. The van der Waals surface area contributed by atoms with Gasteiger partial charge in [0.2, 0.25) is 5.91 Å². The van der Waals surface area contributed by atoms with E-state index in [1.165, 1.54) is 12.0 Å². The van der Waals surface area contributed by atoms with Gasteiger partial charge in [0.15, 0.2) is 0 Å². The number of aromatic nitrogens is 1. The number of nitrogens with two attached hydrogens (primary N) is 1. The van der Waals surface area contributed by atoms with Gasteiger partial charge in [0.25, 0.3) is 0 Å². The normalized spacial score (nSPS) is 16.6. The highest BCUT2D eigenvalue weighted by Crippen LogP contribution is 2.16. The Bertz CT molecular complexity index is 674. The van der Waals surface area contributed by atoms with Crippen molar-refractivity contribution in [1.29, 1.82) is 0 Å². The van der Waals surface area contributed by atoms with E-state index in [2.05, 4.69) is 27.3 Å². The summed E-state index contributed by atoms with van der Waals surface area (Å²) in [6.45, 7) is 4.85. The number of benzene rings is 1. The second-order valence-electron chi connectivity index (χ2n) is 6.45. The van der Waals surface area contributed by atoms with Gasteiger partial charge in [-0.2, -0.15) is 0 Å². The highest BCUT2D eigenvalue weighted by atomic mass is 35.5. The van der Waals surface area contributed by atoms with E-state index >= 15 is 0 Å². The number of hydrogen-bond donors (Lipinski definition) is 2. The third kappa shape index (κ3) is 5.81. The van der Waals surface area contributed by atoms with Crippen molar-refractivity contribution in [3.63, 3.8) is 0 Å². The molecule has 5 nitrogen and oxygen atoms in total. The number of carbonyl (C=O) groups excluding carboxylic acids is 1. The van der Waals surface area contributed by atoms with Crippen molar-refractivity contribution in [3.8, 4) is 0 Å². The van der Waals surface area contributed by atoms with Crippen LogP contribution >= 0.6 is 12.4 Å². The molecule has 0 radical (unpaired) electrons. The van der Waals surface area contributed by atoms with Gasteiger partial charge in [0.1, 0.15) is 0 Å². The number of hydrogen-bond acceptors (Lipinski definition) is 4. The summed E-state index contributed by atoms with van der Waals surface area (Å²) in [6.07, 6.45) is 4.93. The molecule has 1 aromatic heterocycles. The zero-order chi connectivity index (χ0) is 16.8. The van der Waals surface area contributed by atoms with Gasteiger partial charge in [0, 0.05) is 37.6 Å².